The lowest BCUT2D eigenvalue weighted by molar-refractivity contribution is -0.128. The Hall–Kier alpha value is -3.11. The molecule has 0 radical (unpaired) electrons. The van der Waals surface area contributed by atoms with Gasteiger partial charge >= 0.3 is 0 Å². The van der Waals surface area contributed by atoms with E-state index in [1.807, 2.05) is 19.9 Å². The van der Waals surface area contributed by atoms with Gasteiger partial charge in [0.25, 0.3) is 5.91 Å². The molecule has 33 heavy (non-hydrogen) atoms. The zero-order chi connectivity index (χ0) is 23.2. The molecule has 172 valence electrons. The van der Waals surface area contributed by atoms with Crippen molar-refractivity contribution >= 4 is 5.91 Å². The molecule has 3 aromatic rings. The molecular formula is C29H34N2O2. The van der Waals surface area contributed by atoms with Crippen LogP contribution in [-0.2, 0) is 17.8 Å². The minimum Gasteiger partial charge on any atom is -0.481 e. The van der Waals surface area contributed by atoms with Crippen LogP contribution in [0.5, 0.6) is 5.75 Å². The van der Waals surface area contributed by atoms with E-state index in [1.54, 1.807) is 0 Å². The van der Waals surface area contributed by atoms with Crippen LogP contribution in [0.15, 0.2) is 72.8 Å². The predicted octanol–water partition coefficient (Wildman–Crippen LogP) is 5.44. The average Bonchev–Trinajstić information content (AvgIpc) is 2.83. The molecule has 0 spiro atoms. The van der Waals surface area contributed by atoms with Crippen LogP contribution in [0.4, 0.5) is 0 Å². The molecule has 1 aliphatic heterocycles. The number of benzene rings is 3. The molecule has 0 fully saturated rings. The maximum absolute atomic E-state index is 12.4. The Labute approximate surface area is 197 Å². The highest BCUT2D eigenvalue weighted by atomic mass is 16.5. The van der Waals surface area contributed by atoms with E-state index >= 15 is 0 Å². The molecule has 0 aliphatic carbocycles. The molecule has 1 aliphatic rings. The van der Waals surface area contributed by atoms with Crippen LogP contribution in [0.1, 0.15) is 54.1 Å². The lowest BCUT2D eigenvalue weighted by Gasteiger charge is -2.38. The van der Waals surface area contributed by atoms with Gasteiger partial charge < -0.3 is 10.1 Å². The Morgan fingerprint density at radius 1 is 1.06 bits per heavy atom. The summed E-state index contributed by atoms with van der Waals surface area (Å²) in [6, 6.07) is 25.9. The number of hydrogen-bond donors (Lipinski definition) is 1. The van der Waals surface area contributed by atoms with Crippen LogP contribution in [0.25, 0.3) is 0 Å². The van der Waals surface area contributed by atoms with Crippen LogP contribution >= 0.6 is 0 Å². The summed E-state index contributed by atoms with van der Waals surface area (Å²) in [4.78, 5) is 14.9. The topological polar surface area (TPSA) is 41.6 Å². The summed E-state index contributed by atoms with van der Waals surface area (Å²) >= 11 is 0. The van der Waals surface area contributed by atoms with Gasteiger partial charge in [0, 0.05) is 19.6 Å². The molecule has 4 nitrogen and oxygen atoms in total. The zero-order valence-corrected chi connectivity index (χ0v) is 19.9. The first-order valence-corrected chi connectivity index (χ1v) is 12.0. The number of amides is 1. The maximum Gasteiger partial charge on any atom is 0.261 e. The number of nitrogens with one attached hydrogen (secondary N) is 1. The van der Waals surface area contributed by atoms with Crippen molar-refractivity contribution in [2.75, 3.05) is 13.1 Å². The van der Waals surface area contributed by atoms with E-state index in [1.165, 1.54) is 27.8 Å². The summed E-state index contributed by atoms with van der Waals surface area (Å²) in [6.07, 6.45) is 1.15. The number of hydrogen-bond acceptors (Lipinski definition) is 3. The third-order valence-corrected chi connectivity index (χ3v) is 6.32. The van der Waals surface area contributed by atoms with Gasteiger partial charge in [-0.15, -0.1) is 0 Å². The van der Waals surface area contributed by atoms with Crippen molar-refractivity contribution in [3.63, 3.8) is 0 Å². The summed E-state index contributed by atoms with van der Waals surface area (Å²) in [6.45, 7) is 8.55. The molecule has 0 saturated carbocycles. The number of rotatable bonds is 8. The van der Waals surface area contributed by atoms with Crippen LogP contribution in [-0.4, -0.2) is 30.0 Å². The van der Waals surface area contributed by atoms with E-state index < -0.39 is 6.10 Å². The Kier molecular flexibility index (Phi) is 7.46. The van der Waals surface area contributed by atoms with E-state index in [0.717, 1.165) is 25.3 Å². The van der Waals surface area contributed by atoms with E-state index in [4.69, 9.17) is 4.74 Å². The van der Waals surface area contributed by atoms with Gasteiger partial charge in [0.15, 0.2) is 6.10 Å². The fourth-order valence-electron chi connectivity index (χ4n) is 4.73. The van der Waals surface area contributed by atoms with Crippen LogP contribution in [0, 0.1) is 6.92 Å². The van der Waals surface area contributed by atoms with Crippen molar-refractivity contribution in [1.82, 2.24) is 10.2 Å². The molecule has 1 heterocycles. The van der Waals surface area contributed by atoms with E-state index in [0.29, 0.717) is 13.0 Å². The second-order valence-electron chi connectivity index (χ2n) is 8.79. The van der Waals surface area contributed by atoms with Crippen molar-refractivity contribution in [2.45, 2.75) is 52.3 Å². The minimum absolute atomic E-state index is 0.0570. The van der Waals surface area contributed by atoms with E-state index in [9.17, 15) is 4.79 Å². The molecule has 0 aromatic heterocycles. The normalized spacial score (nSPS) is 16.6. The van der Waals surface area contributed by atoms with Crippen LogP contribution in [0.3, 0.4) is 0 Å². The molecule has 1 N–H and O–H groups in total. The average molecular weight is 443 g/mol. The first-order chi connectivity index (χ1) is 16.1. The van der Waals surface area contributed by atoms with Crippen LogP contribution in [0.2, 0.25) is 0 Å². The fraction of sp³-hybridized carbons (Fsp3) is 0.345. The van der Waals surface area contributed by atoms with Crippen molar-refractivity contribution in [2.24, 2.45) is 0 Å². The van der Waals surface area contributed by atoms with E-state index in [2.05, 4.69) is 83.9 Å². The van der Waals surface area contributed by atoms with Crippen LogP contribution < -0.4 is 10.1 Å². The van der Waals surface area contributed by atoms with E-state index in [-0.39, 0.29) is 11.9 Å². The summed E-state index contributed by atoms with van der Waals surface area (Å²) in [5, 5.41) is 2.88. The summed E-state index contributed by atoms with van der Waals surface area (Å²) < 4.78 is 6.17. The van der Waals surface area contributed by atoms with Gasteiger partial charge in [-0.05, 0) is 61.1 Å². The molecule has 2 atom stereocenters. The molecule has 4 rings (SSSR count). The maximum atomic E-state index is 12.4. The standard InChI is InChI=1S/C29H34N2O2/c1-4-27(29(32)30-5-2)33-25-15-14-23-16-17-31(20-22-11-9-10-21(3)18-22)28(26(23)19-25)24-12-7-6-8-13-24/h6-15,18-19,27-28H,4-5,16-17,20H2,1-3H3,(H,30,32)/t27-,28+/m0/s1. The Morgan fingerprint density at radius 3 is 2.61 bits per heavy atom. The molecule has 0 bridgehead atoms. The molecule has 1 amide bonds. The van der Waals surface area contributed by atoms with Crippen molar-refractivity contribution < 1.29 is 9.53 Å². The lowest BCUT2D eigenvalue weighted by atomic mass is 9.87. The number of nitrogens with zero attached hydrogens (tertiary/aromatic N) is 1. The third-order valence-electron chi connectivity index (χ3n) is 6.32. The van der Waals surface area contributed by atoms with Gasteiger partial charge in [-0.25, -0.2) is 0 Å². The lowest BCUT2D eigenvalue weighted by Crippen LogP contribution is -2.38. The largest absolute Gasteiger partial charge is 0.481 e. The molecule has 4 heteroatoms. The second-order valence-corrected chi connectivity index (χ2v) is 8.79. The first-order valence-electron chi connectivity index (χ1n) is 12.0. The highest BCUT2D eigenvalue weighted by Crippen LogP contribution is 2.38. The molecular weight excluding hydrogens is 408 g/mol. The number of ether oxygens (including phenoxy) is 1. The van der Waals surface area contributed by atoms with Crippen molar-refractivity contribution in [1.29, 1.82) is 0 Å². The molecule has 0 unspecified atom stereocenters. The first kappa shape index (κ1) is 23.1. The van der Waals surface area contributed by atoms with Crippen molar-refractivity contribution in [3.05, 3.63) is 101 Å². The summed E-state index contributed by atoms with van der Waals surface area (Å²) in [5.41, 5.74) is 6.51. The van der Waals surface area contributed by atoms with Gasteiger partial charge in [-0.2, -0.15) is 0 Å². The highest BCUT2D eigenvalue weighted by molar-refractivity contribution is 5.81. The molecule has 0 saturated heterocycles. The van der Waals surface area contributed by atoms with Crippen molar-refractivity contribution in [3.8, 4) is 5.75 Å². The Morgan fingerprint density at radius 2 is 1.88 bits per heavy atom. The number of carbonyl (C=O) groups excluding carboxylic acids is 1. The fourth-order valence-corrected chi connectivity index (χ4v) is 4.73. The van der Waals surface area contributed by atoms with Gasteiger partial charge in [0.05, 0.1) is 6.04 Å². The number of carbonyl (C=O) groups is 1. The number of fused-ring (bicyclic) bond motifs is 1. The minimum atomic E-state index is -0.481. The predicted molar refractivity (Wildman–Crippen MR) is 133 cm³/mol. The second kappa shape index (κ2) is 10.7. The third kappa shape index (κ3) is 5.45. The van der Waals surface area contributed by atoms with Gasteiger partial charge in [0.1, 0.15) is 5.75 Å². The number of likely N-dealkylation sites (N-methyl/N-ethyl adjacent to an activating group) is 1. The Balaban J connectivity index is 1.68. The SMILES string of the molecule is CCNC(=O)[C@H](CC)Oc1ccc2c(c1)[C@@H](c1ccccc1)N(Cc1cccc(C)c1)CC2. The highest BCUT2D eigenvalue weighted by Gasteiger charge is 2.29. The van der Waals surface area contributed by atoms with Gasteiger partial charge in [-0.3, -0.25) is 9.69 Å². The quantitative estimate of drug-likeness (QED) is 0.505. The monoisotopic (exact) mass is 442 g/mol. The summed E-state index contributed by atoms with van der Waals surface area (Å²) in [7, 11) is 0. The zero-order valence-electron chi connectivity index (χ0n) is 19.9. The van der Waals surface area contributed by atoms with Gasteiger partial charge in [-0.1, -0.05) is 73.2 Å². The van der Waals surface area contributed by atoms with Gasteiger partial charge in [0.2, 0.25) is 0 Å². The Bertz CT molecular complexity index is 1080. The number of aryl methyl sites for hydroxylation is 1. The summed E-state index contributed by atoms with van der Waals surface area (Å²) in [5.74, 6) is 0.698. The smallest absolute Gasteiger partial charge is 0.261 e. The molecule has 3 aromatic carbocycles.